The highest BCUT2D eigenvalue weighted by molar-refractivity contribution is 6.45. The molecule has 1 heteroatoms. The Morgan fingerprint density at radius 1 is 0.236 bits per heavy atom. The van der Waals surface area contributed by atoms with Crippen LogP contribution in [0.15, 0.2) is 186 Å². The van der Waals surface area contributed by atoms with Gasteiger partial charge in [0.2, 0.25) is 0 Å². The van der Waals surface area contributed by atoms with Crippen molar-refractivity contribution in [2.75, 3.05) is 0 Å². The van der Waals surface area contributed by atoms with Crippen LogP contribution in [0.2, 0.25) is 0 Å². The van der Waals surface area contributed by atoms with Crippen molar-refractivity contribution in [1.82, 2.24) is 0 Å². The lowest BCUT2D eigenvalue weighted by Gasteiger charge is -2.19. The Hall–Kier alpha value is -7.22. The second kappa shape index (κ2) is 10.7. The standard InChI is InChI=1S/C54H30O/c1-3-13-31(14-4-1)48-45-30-44-36-18-8-7-17-35(36)39-21-12-22-40(51(39)44)52(45)49(32-15-5-2-6-16-32)54-42-27-26-34(38-20-11-23-41(50(38)42)53(48)54)33-25-28-47-43(29-33)37-19-9-10-24-46(37)55-47/h1-30H. The van der Waals surface area contributed by atoms with Crippen LogP contribution in [0.5, 0.6) is 0 Å². The number of fused-ring (bicyclic) bond motifs is 11. The van der Waals surface area contributed by atoms with Gasteiger partial charge in [0.15, 0.2) is 0 Å². The van der Waals surface area contributed by atoms with Gasteiger partial charge in [-0.3, -0.25) is 0 Å². The maximum absolute atomic E-state index is 6.24. The Bertz CT molecular complexity index is 3680. The fourth-order valence-corrected chi connectivity index (χ4v) is 10.2. The summed E-state index contributed by atoms with van der Waals surface area (Å²) in [5.41, 5.74) is 9.35. The smallest absolute Gasteiger partial charge is 0.135 e. The van der Waals surface area contributed by atoms with Gasteiger partial charge in [-0.25, -0.2) is 0 Å². The van der Waals surface area contributed by atoms with Crippen molar-refractivity contribution in [2.24, 2.45) is 0 Å². The van der Waals surface area contributed by atoms with Gasteiger partial charge in [0.1, 0.15) is 11.2 Å². The molecule has 0 N–H and O–H groups in total. The molecule has 0 aliphatic carbocycles. The number of benzene rings is 10. The maximum atomic E-state index is 6.24. The number of para-hydroxylation sites is 1. The molecule has 55 heavy (non-hydrogen) atoms. The molecular formula is C54H30O. The first-order valence-corrected chi connectivity index (χ1v) is 19.1. The van der Waals surface area contributed by atoms with E-state index in [2.05, 4.69) is 176 Å². The van der Waals surface area contributed by atoms with Crippen LogP contribution < -0.4 is 0 Å². The van der Waals surface area contributed by atoms with Crippen molar-refractivity contribution in [3.8, 4) is 33.4 Å². The molecule has 0 fully saturated rings. The van der Waals surface area contributed by atoms with Gasteiger partial charge in [-0.05, 0) is 133 Å². The minimum atomic E-state index is 0.917. The van der Waals surface area contributed by atoms with E-state index >= 15 is 0 Å². The lowest BCUT2D eigenvalue weighted by molar-refractivity contribution is 0.669. The van der Waals surface area contributed by atoms with E-state index in [9.17, 15) is 0 Å². The Morgan fingerprint density at radius 2 is 0.782 bits per heavy atom. The highest BCUT2D eigenvalue weighted by Crippen LogP contribution is 2.55. The van der Waals surface area contributed by atoms with Gasteiger partial charge < -0.3 is 4.42 Å². The van der Waals surface area contributed by atoms with E-state index in [0.29, 0.717) is 0 Å². The first-order chi connectivity index (χ1) is 27.3. The Morgan fingerprint density at radius 3 is 1.56 bits per heavy atom. The van der Waals surface area contributed by atoms with Gasteiger partial charge in [0, 0.05) is 10.8 Å². The molecule has 0 atom stereocenters. The summed E-state index contributed by atoms with van der Waals surface area (Å²) < 4.78 is 6.24. The molecule has 252 valence electrons. The van der Waals surface area contributed by atoms with Crippen LogP contribution >= 0.6 is 0 Å². The summed E-state index contributed by atoms with van der Waals surface area (Å²) in [5, 5.41) is 20.7. The van der Waals surface area contributed by atoms with Crippen molar-refractivity contribution in [1.29, 1.82) is 0 Å². The third kappa shape index (κ3) is 3.82. The largest absolute Gasteiger partial charge is 0.456 e. The Kier molecular flexibility index (Phi) is 5.69. The van der Waals surface area contributed by atoms with E-state index in [-0.39, 0.29) is 0 Å². The molecule has 0 amide bonds. The van der Waals surface area contributed by atoms with E-state index in [4.69, 9.17) is 4.42 Å². The zero-order chi connectivity index (χ0) is 35.8. The van der Waals surface area contributed by atoms with Crippen LogP contribution in [-0.2, 0) is 0 Å². The normalized spacial score (nSPS) is 12.4. The SMILES string of the molecule is c1ccc(-c2c3cc4c5ccccc5c5cccc(c3c(-c3ccccc3)c3c6ccc(-c7ccc8oc9ccccc9c8c7)c7cccc(c23)c76)c54)cc1. The molecule has 1 heterocycles. The van der Waals surface area contributed by atoms with Gasteiger partial charge in [-0.2, -0.15) is 0 Å². The second-order valence-electron chi connectivity index (χ2n) is 15.1. The van der Waals surface area contributed by atoms with Crippen molar-refractivity contribution in [3.63, 3.8) is 0 Å². The number of rotatable bonds is 3. The fraction of sp³-hybridized carbons (Fsp3) is 0. The molecule has 0 spiro atoms. The third-order valence-electron chi connectivity index (χ3n) is 12.3. The van der Waals surface area contributed by atoms with Gasteiger partial charge in [0.25, 0.3) is 0 Å². The molecule has 0 aliphatic rings. The highest BCUT2D eigenvalue weighted by atomic mass is 16.3. The van der Waals surface area contributed by atoms with Gasteiger partial charge in [0.05, 0.1) is 0 Å². The summed E-state index contributed by atoms with van der Waals surface area (Å²) in [7, 11) is 0. The molecule has 0 radical (unpaired) electrons. The molecule has 12 aromatic carbocycles. The fourth-order valence-electron chi connectivity index (χ4n) is 10.2. The van der Waals surface area contributed by atoms with Gasteiger partial charge in [-0.1, -0.05) is 158 Å². The lowest BCUT2D eigenvalue weighted by Crippen LogP contribution is -1.91. The van der Waals surface area contributed by atoms with Crippen molar-refractivity contribution < 1.29 is 4.42 Å². The quantitative estimate of drug-likeness (QED) is 0.168. The summed E-state index contributed by atoms with van der Waals surface area (Å²) in [6.07, 6.45) is 0. The van der Waals surface area contributed by atoms with Gasteiger partial charge >= 0.3 is 0 Å². The highest BCUT2D eigenvalue weighted by Gasteiger charge is 2.27. The van der Waals surface area contributed by atoms with Crippen molar-refractivity contribution in [2.45, 2.75) is 0 Å². The van der Waals surface area contributed by atoms with Crippen molar-refractivity contribution in [3.05, 3.63) is 182 Å². The zero-order valence-electron chi connectivity index (χ0n) is 29.7. The number of hydrogen-bond acceptors (Lipinski definition) is 1. The average Bonchev–Trinajstić information content (AvgIpc) is 3.90. The first kappa shape index (κ1) is 29.3. The summed E-state index contributed by atoms with van der Waals surface area (Å²) in [6.45, 7) is 0. The summed E-state index contributed by atoms with van der Waals surface area (Å²) >= 11 is 0. The van der Waals surface area contributed by atoms with E-state index in [1.54, 1.807) is 0 Å². The zero-order valence-corrected chi connectivity index (χ0v) is 29.7. The second-order valence-corrected chi connectivity index (χ2v) is 15.1. The van der Waals surface area contributed by atoms with Crippen LogP contribution in [-0.4, -0.2) is 0 Å². The maximum Gasteiger partial charge on any atom is 0.135 e. The van der Waals surface area contributed by atoms with E-state index in [1.807, 2.05) is 6.07 Å². The average molecular weight is 695 g/mol. The molecule has 1 nitrogen and oxygen atoms in total. The number of hydrogen-bond donors (Lipinski definition) is 0. The Balaban J connectivity index is 1.26. The van der Waals surface area contributed by atoms with E-state index < -0.39 is 0 Å². The molecule has 0 bridgehead atoms. The Labute approximate surface area is 315 Å². The molecule has 13 aromatic rings. The molecule has 1 aromatic heterocycles. The van der Waals surface area contributed by atoms with Crippen LogP contribution in [0.1, 0.15) is 0 Å². The molecule has 13 rings (SSSR count). The molecule has 0 saturated carbocycles. The predicted molar refractivity (Wildman–Crippen MR) is 235 cm³/mol. The van der Waals surface area contributed by atoms with Crippen LogP contribution in [0.3, 0.4) is 0 Å². The predicted octanol–water partition coefficient (Wildman–Crippen LogP) is 15.5. The number of furan rings is 1. The summed E-state index contributed by atoms with van der Waals surface area (Å²) in [5.74, 6) is 0. The third-order valence-corrected chi connectivity index (χ3v) is 12.3. The monoisotopic (exact) mass is 694 g/mol. The lowest BCUT2D eigenvalue weighted by atomic mass is 9.84. The minimum absolute atomic E-state index is 0.917. The molecule has 0 saturated heterocycles. The first-order valence-electron chi connectivity index (χ1n) is 19.1. The van der Waals surface area contributed by atoms with E-state index in [1.165, 1.54) is 109 Å². The molecule has 0 unspecified atom stereocenters. The van der Waals surface area contributed by atoms with Crippen molar-refractivity contribution >= 4 is 97.3 Å². The topological polar surface area (TPSA) is 13.1 Å². The minimum Gasteiger partial charge on any atom is -0.456 e. The molecule has 0 aliphatic heterocycles. The molecular weight excluding hydrogens is 665 g/mol. The van der Waals surface area contributed by atoms with Gasteiger partial charge in [-0.15, -0.1) is 0 Å². The van der Waals surface area contributed by atoms with Crippen LogP contribution in [0.25, 0.3) is 131 Å². The summed E-state index contributed by atoms with van der Waals surface area (Å²) in [6, 6.07) is 67.3. The van der Waals surface area contributed by atoms with Crippen LogP contribution in [0.4, 0.5) is 0 Å². The van der Waals surface area contributed by atoms with Crippen LogP contribution in [0, 0.1) is 0 Å². The van der Waals surface area contributed by atoms with E-state index in [0.717, 1.165) is 21.9 Å². The summed E-state index contributed by atoms with van der Waals surface area (Å²) in [4.78, 5) is 0.